The van der Waals surface area contributed by atoms with Crippen LogP contribution in [0.4, 0.5) is 0 Å². The minimum Gasteiger partial charge on any atom is -0.504 e. The van der Waals surface area contributed by atoms with Crippen molar-refractivity contribution in [2.75, 3.05) is 21.3 Å². The summed E-state index contributed by atoms with van der Waals surface area (Å²) >= 11 is 0. The number of nitrogens with zero attached hydrogens (tertiary/aromatic N) is 1. The van der Waals surface area contributed by atoms with Crippen LogP contribution in [0.2, 0.25) is 0 Å². The molecular formula is C17H18N2O5. The summed E-state index contributed by atoms with van der Waals surface area (Å²) in [6, 6.07) is 9.74. The van der Waals surface area contributed by atoms with Crippen molar-refractivity contribution in [2.45, 2.75) is 0 Å². The zero-order valence-electron chi connectivity index (χ0n) is 13.6. The number of phenolic OH excluding ortho intramolecular Hbond substituents is 1. The molecule has 0 aromatic heterocycles. The number of hydrazone groups is 1. The normalized spacial score (nSPS) is 10.5. The third kappa shape index (κ3) is 3.75. The fourth-order valence-corrected chi connectivity index (χ4v) is 2.01. The second-order valence-electron chi connectivity index (χ2n) is 4.67. The third-order valence-corrected chi connectivity index (χ3v) is 3.27. The monoisotopic (exact) mass is 330 g/mol. The van der Waals surface area contributed by atoms with E-state index in [9.17, 15) is 9.90 Å². The van der Waals surface area contributed by atoms with E-state index in [1.807, 2.05) is 0 Å². The number of aromatic hydroxyl groups is 1. The van der Waals surface area contributed by atoms with E-state index in [2.05, 4.69) is 10.5 Å². The highest BCUT2D eigenvalue weighted by atomic mass is 16.5. The predicted molar refractivity (Wildman–Crippen MR) is 89.3 cm³/mol. The molecule has 0 aliphatic carbocycles. The minimum absolute atomic E-state index is 0.0517. The van der Waals surface area contributed by atoms with Gasteiger partial charge in [-0.2, -0.15) is 5.10 Å². The molecule has 0 heterocycles. The average Bonchev–Trinajstić information content (AvgIpc) is 2.62. The summed E-state index contributed by atoms with van der Waals surface area (Å²) < 4.78 is 15.3. The van der Waals surface area contributed by atoms with Gasteiger partial charge < -0.3 is 19.3 Å². The lowest BCUT2D eigenvalue weighted by Gasteiger charge is -2.08. The fraction of sp³-hybridized carbons (Fsp3) is 0.176. The number of hydrogen-bond donors (Lipinski definition) is 2. The van der Waals surface area contributed by atoms with Gasteiger partial charge in [0.15, 0.2) is 23.0 Å². The van der Waals surface area contributed by atoms with Crippen molar-refractivity contribution in [3.63, 3.8) is 0 Å². The van der Waals surface area contributed by atoms with Crippen molar-refractivity contribution < 1.29 is 24.1 Å². The van der Waals surface area contributed by atoms with Crippen molar-refractivity contribution >= 4 is 12.1 Å². The van der Waals surface area contributed by atoms with E-state index in [1.165, 1.54) is 27.5 Å². The standard InChI is InChI=1S/C17H18N2O5/c1-22-13-8-7-11(9-15(13)24-3)17(21)19-18-10-12-5-4-6-14(23-2)16(12)20/h4-10,20H,1-3H3,(H,19,21)/b18-10+. The van der Waals surface area contributed by atoms with Crippen molar-refractivity contribution in [3.8, 4) is 23.0 Å². The van der Waals surface area contributed by atoms with Crippen LogP contribution in [0.25, 0.3) is 0 Å². The van der Waals surface area contributed by atoms with Gasteiger partial charge in [-0.1, -0.05) is 6.07 Å². The molecule has 2 aromatic carbocycles. The van der Waals surface area contributed by atoms with Gasteiger partial charge in [-0.25, -0.2) is 5.43 Å². The number of hydrogen-bond acceptors (Lipinski definition) is 6. The van der Waals surface area contributed by atoms with Gasteiger partial charge in [-0.3, -0.25) is 4.79 Å². The van der Waals surface area contributed by atoms with Gasteiger partial charge in [0.05, 0.1) is 27.5 Å². The summed E-state index contributed by atoms with van der Waals surface area (Å²) in [5.74, 6) is 0.822. The molecule has 2 aromatic rings. The van der Waals surface area contributed by atoms with Gasteiger partial charge in [-0.15, -0.1) is 0 Å². The molecule has 7 nitrogen and oxygen atoms in total. The van der Waals surface area contributed by atoms with Gasteiger partial charge in [-0.05, 0) is 30.3 Å². The zero-order valence-corrected chi connectivity index (χ0v) is 13.6. The van der Waals surface area contributed by atoms with E-state index < -0.39 is 5.91 Å². The SMILES string of the molecule is COc1ccc(C(=O)N/N=C/c2cccc(OC)c2O)cc1OC. The predicted octanol–water partition coefficient (Wildman–Crippen LogP) is 2.18. The summed E-state index contributed by atoms with van der Waals surface area (Å²) in [4.78, 5) is 12.1. The van der Waals surface area contributed by atoms with Crippen LogP contribution in [0.1, 0.15) is 15.9 Å². The van der Waals surface area contributed by atoms with Crippen LogP contribution >= 0.6 is 0 Å². The first-order valence-corrected chi connectivity index (χ1v) is 7.02. The molecule has 0 spiro atoms. The third-order valence-electron chi connectivity index (χ3n) is 3.27. The highest BCUT2D eigenvalue weighted by Crippen LogP contribution is 2.28. The Bertz CT molecular complexity index is 759. The van der Waals surface area contributed by atoms with Crippen LogP contribution in [0.5, 0.6) is 23.0 Å². The highest BCUT2D eigenvalue weighted by molar-refractivity contribution is 5.95. The molecule has 0 saturated carbocycles. The van der Waals surface area contributed by atoms with Gasteiger partial charge in [0, 0.05) is 11.1 Å². The van der Waals surface area contributed by atoms with Crippen LogP contribution < -0.4 is 19.6 Å². The lowest BCUT2D eigenvalue weighted by atomic mass is 10.2. The van der Waals surface area contributed by atoms with Gasteiger partial charge in [0.2, 0.25) is 0 Å². The van der Waals surface area contributed by atoms with Gasteiger partial charge in [0.1, 0.15) is 0 Å². The zero-order chi connectivity index (χ0) is 17.5. The summed E-state index contributed by atoms with van der Waals surface area (Å²) in [7, 11) is 4.46. The van der Waals surface area contributed by atoms with E-state index in [4.69, 9.17) is 14.2 Å². The fourth-order valence-electron chi connectivity index (χ4n) is 2.01. The molecule has 2 rings (SSSR count). The smallest absolute Gasteiger partial charge is 0.271 e. The van der Waals surface area contributed by atoms with Crippen LogP contribution in [-0.2, 0) is 0 Å². The molecule has 0 radical (unpaired) electrons. The van der Waals surface area contributed by atoms with Gasteiger partial charge >= 0.3 is 0 Å². The van der Waals surface area contributed by atoms with Crippen molar-refractivity contribution in [1.82, 2.24) is 5.43 Å². The molecule has 0 atom stereocenters. The molecule has 0 saturated heterocycles. The number of methoxy groups -OCH3 is 3. The second kappa shape index (κ2) is 7.87. The first-order chi connectivity index (χ1) is 11.6. The number of rotatable bonds is 6. The van der Waals surface area contributed by atoms with E-state index >= 15 is 0 Å². The number of carbonyl (C=O) groups excluding carboxylic acids is 1. The molecule has 0 unspecified atom stereocenters. The first-order valence-electron chi connectivity index (χ1n) is 7.02. The maximum absolute atomic E-state index is 12.1. The lowest BCUT2D eigenvalue weighted by molar-refractivity contribution is 0.0954. The van der Waals surface area contributed by atoms with Crippen molar-refractivity contribution in [1.29, 1.82) is 0 Å². The van der Waals surface area contributed by atoms with E-state index in [0.29, 0.717) is 28.4 Å². The molecule has 2 N–H and O–H groups in total. The molecule has 24 heavy (non-hydrogen) atoms. The number of benzene rings is 2. The Labute approximate surface area is 139 Å². The number of phenols is 1. The van der Waals surface area contributed by atoms with Crippen molar-refractivity contribution in [3.05, 3.63) is 47.5 Å². The number of ether oxygens (including phenoxy) is 3. The molecule has 0 bridgehead atoms. The molecular weight excluding hydrogens is 312 g/mol. The Morgan fingerprint density at radius 3 is 2.42 bits per heavy atom. The Balaban J connectivity index is 2.11. The maximum atomic E-state index is 12.1. The lowest BCUT2D eigenvalue weighted by Crippen LogP contribution is -2.17. The topological polar surface area (TPSA) is 89.4 Å². The number of nitrogens with one attached hydrogen (secondary N) is 1. The van der Waals surface area contributed by atoms with Gasteiger partial charge in [0.25, 0.3) is 5.91 Å². The number of para-hydroxylation sites is 1. The number of amides is 1. The molecule has 7 heteroatoms. The Kier molecular flexibility index (Phi) is 5.62. The summed E-state index contributed by atoms with van der Waals surface area (Å²) in [5.41, 5.74) is 3.16. The molecule has 0 fully saturated rings. The van der Waals surface area contributed by atoms with E-state index in [1.54, 1.807) is 36.4 Å². The summed E-state index contributed by atoms with van der Waals surface area (Å²) in [6.45, 7) is 0. The van der Waals surface area contributed by atoms with Crippen molar-refractivity contribution in [2.24, 2.45) is 5.10 Å². The van der Waals surface area contributed by atoms with E-state index in [0.717, 1.165) is 0 Å². The molecule has 126 valence electrons. The highest BCUT2D eigenvalue weighted by Gasteiger charge is 2.10. The maximum Gasteiger partial charge on any atom is 0.271 e. The average molecular weight is 330 g/mol. The largest absolute Gasteiger partial charge is 0.504 e. The molecule has 0 aliphatic rings. The second-order valence-corrected chi connectivity index (χ2v) is 4.67. The Morgan fingerprint density at radius 1 is 1.04 bits per heavy atom. The Hall–Kier alpha value is -3.22. The van der Waals surface area contributed by atoms with E-state index in [-0.39, 0.29) is 5.75 Å². The quantitative estimate of drug-likeness (QED) is 0.626. The number of carbonyl (C=O) groups is 1. The van der Waals surface area contributed by atoms with Crippen LogP contribution in [0.3, 0.4) is 0 Å². The van der Waals surface area contributed by atoms with Crippen LogP contribution in [-0.4, -0.2) is 38.6 Å². The molecule has 0 aliphatic heterocycles. The summed E-state index contributed by atoms with van der Waals surface area (Å²) in [5, 5.41) is 13.8. The van der Waals surface area contributed by atoms with Crippen LogP contribution in [0.15, 0.2) is 41.5 Å². The minimum atomic E-state index is -0.422. The first kappa shape index (κ1) is 17.1. The summed E-state index contributed by atoms with van der Waals surface area (Å²) in [6.07, 6.45) is 1.33. The Morgan fingerprint density at radius 2 is 1.75 bits per heavy atom. The molecule has 1 amide bonds. The van der Waals surface area contributed by atoms with Crippen LogP contribution in [0, 0.1) is 0 Å².